The van der Waals surface area contributed by atoms with Gasteiger partial charge in [0.2, 0.25) is 5.91 Å². The van der Waals surface area contributed by atoms with Gasteiger partial charge in [-0.3, -0.25) is 14.6 Å². The first-order valence-corrected chi connectivity index (χ1v) is 15.8. The van der Waals surface area contributed by atoms with Gasteiger partial charge in [0, 0.05) is 25.8 Å². The molecule has 0 aliphatic carbocycles. The van der Waals surface area contributed by atoms with Gasteiger partial charge in [0.15, 0.2) is 0 Å². The highest BCUT2D eigenvalue weighted by atomic mass is 19.4. The number of benzene rings is 2. The quantitative estimate of drug-likeness (QED) is 0.283. The Morgan fingerprint density at radius 2 is 1.75 bits per heavy atom. The number of nitrogens with one attached hydrogen (secondary N) is 2. The van der Waals surface area contributed by atoms with Crippen molar-refractivity contribution >= 4 is 23.5 Å². The van der Waals surface area contributed by atoms with Gasteiger partial charge in [-0.25, -0.2) is 4.79 Å². The van der Waals surface area contributed by atoms with E-state index in [0.717, 1.165) is 28.8 Å². The normalized spacial score (nSPS) is 16.0. The molecule has 1 aromatic heterocycles. The summed E-state index contributed by atoms with van der Waals surface area (Å²) >= 11 is 0. The lowest BCUT2D eigenvalue weighted by Gasteiger charge is -2.33. The van der Waals surface area contributed by atoms with Crippen LogP contribution in [-0.4, -0.2) is 59.7 Å². The zero-order valence-corrected chi connectivity index (χ0v) is 27.3. The maximum absolute atomic E-state index is 13.6. The van der Waals surface area contributed by atoms with E-state index in [2.05, 4.69) is 15.6 Å². The van der Waals surface area contributed by atoms with Gasteiger partial charge in [0.05, 0.1) is 30.7 Å². The molecule has 3 amide bonds. The summed E-state index contributed by atoms with van der Waals surface area (Å²) in [5.74, 6) is -0.320. The highest BCUT2D eigenvalue weighted by Gasteiger charge is 2.32. The van der Waals surface area contributed by atoms with E-state index in [4.69, 9.17) is 9.47 Å². The molecule has 254 valence electrons. The van der Waals surface area contributed by atoms with E-state index in [1.807, 2.05) is 17.0 Å². The molecule has 1 fully saturated rings. The van der Waals surface area contributed by atoms with Gasteiger partial charge in [-0.2, -0.15) is 13.2 Å². The molecule has 0 radical (unpaired) electrons. The Hall–Kier alpha value is -4.71. The van der Waals surface area contributed by atoms with Crippen molar-refractivity contribution in [2.75, 3.05) is 26.3 Å². The van der Waals surface area contributed by atoms with Crippen LogP contribution in [0.25, 0.3) is 16.7 Å². The maximum Gasteiger partial charge on any atom is 0.416 e. The van der Waals surface area contributed by atoms with Gasteiger partial charge in [-0.05, 0) is 91.8 Å². The average molecular weight is 665 g/mol. The number of ether oxygens (including phenoxy) is 2. The van der Waals surface area contributed by atoms with Gasteiger partial charge in [0.25, 0.3) is 5.91 Å². The van der Waals surface area contributed by atoms with Crippen molar-refractivity contribution in [3.05, 3.63) is 94.8 Å². The molecule has 1 atom stereocenters. The number of carbonyl (C=O) groups excluding carboxylic acids is 3. The summed E-state index contributed by atoms with van der Waals surface area (Å²) in [6, 6.07) is 13.4. The Kier molecular flexibility index (Phi) is 10.2. The van der Waals surface area contributed by atoms with Gasteiger partial charge in [0.1, 0.15) is 11.3 Å². The van der Waals surface area contributed by atoms with Crippen molar-refractivity contribution in [1.29, 1.82) is 0 Å². The Bertz CT molecular complexity index is 1690. The van der Waals surface area contributed by atoms with Crippen LogP contribution >= 0.6 is 0 Å². The van der Waals surface area contributed by atoms with Crippen LogP contribution in [0.1, 0.15) is 72.9 Å². The van der Waals surface area contributed by atoms with E-state index in [0.29, 0.717) is 49.4 Å². The van der Waals surface area contributed by atoms with Crippen LogP contribution in [0.4, 0.5) is 18.0 Å². The predicted molar refractivity (Wildman–Crippen MR) is 174 cm³/mol. The Balaban J connectivity index is 1.26. The fourth-order valence-corrected chi connectivity index (χ4v) is 5.48. The molecule has 2 aliphatic rings. The van der Waals surface area contributed by atoms with E-state index in [-0.39, 0.29) is 30.0 Å². The molecule has 1 saturated heterocycles. The number of halogens is 3. The molecule has 3 aromatic rings. The summed E-state index contributed by atoms with van der Waals surface area (Å²) in [7, 11) is 0. The number of hydrogen-bond acceptors (Lipinski definition) is 6. The van der Waals surface area contributed by atoms with E-state index >= 15 is 0 Å². The molecule has 2 aromatic carbocycles. The number of rotatable bonds is 8. The molecular formula is C36H39F3N4O5. The smallest absolute Gasteiger partial charge is 0.416 e. The summed E-state index contributed by atoms with van der Waals surface area (Å²) in [5, 5.41) is 5.56. The standard InChI is InChI=1S/C36H39F3N4O5/c1-22(42-32(44)31-17-26(11-14-40-31)24-12-15-43(16-13-24)33(45)28-20-47-21-28)23-5-7-25(8-6-23)30-18-29(36(37,38)39)10-9-27(30)19-41-34(46)48-35(2,3)4/h5-12,14,17-18,22,28H,13,15-16,19-21H2,1-4H3,(H,41,46)(H,42,44)/t22-/m1/s1. The summed E-state index contributed by atoms with van der Waals surface area (Å²) in [6.45, 7) is 8.97. The summed E-state index contributed by atoms with van der Waals surface area (Å²) in [4.78, 5) is 44.0. The van der Waals surface area contributed by atoms with Crippen LogP contribution in [0, 0.1) is 5.92 Å². The van der Waals surface area contributed by atoms with Crippen molar-refractivity contribution in [3.63, 3.8) is 0 Å². The van der Waals surface area contributed by atoms with Crippen LogP contribution in [0.3, 0.4) is 0 Å². The first-order valence-electron chi connectivity index (χ1n) is 15.8. The Morgan fingerprint density at radius 1 is 1.02 bits per heavy atom. The second kappa shape index (κ2) is 14.2. The van der Waals surface area contributed by atoms with Crippen LogP contribution < -0.4 is 10.6 Å². The third-order valence-corrected chi connectivity index (χ3v) is 8.20. The molecule has 3 heterocycles. The van der Waals surface area contributed by atoms with Crippen molar-refractivity contribution < 1.29 is 37.0 Å². The first kappa shape index (κ1) is 34.6. The van der Waals surface area contributed by atoms with Crippen molar-refractivity contribution in [2.45, 2.75) is 58.5 Å². The van der Waals surface area contributed by atoms with Gasteiger partial charge in [-0.1, -0.05) is 36.4 Å². The first-order chi connectivity index (χ1) is 22.7. The number of aromatic nitrogens is 1. The van der Waals surface area contributed by atoms with Crippen molar-refractivity contribution in [3.8, 4) is 11.1 Å². The third kappa shape index (κ3) is 8.60. The zero-order chi connectivity index (χ0) is 34.6. The minimum Gasteiger partial charge on any atom is -0.444 e. The lowest BCUT2D eigenvalue weighted by atomic mass is 9.95. The predicted octanol–water partition coefficient (Wildman–Crippen LogP) is 6.55. The lowest BCUT2D eigenvalue weighted by molar-refractivity contribution is -0.149. The van der Waals surface area contributed by atoms with E-state index in [1.54, 1.807) is 64.2 Å². The van der Waals surface area contributed by atoms with Crippen LogP contribution in [0.5, 0.6) is 0 Å². The summed E-state index contributed by atoms with van der Waals surface area (Å²) < 4.78 is 51.2. The highest BCUT2D eigenvalue weighted by molar-refractivity contribution is 5.93. The molecule has 48 heavy (non-hydrogen) atoms. The van der Waals surface area contributed by atoms with E-state index < -0.39 is 29.5 Å². The number of alkyl carbamates (subject to hydrolysis) is 1. The monoisotopic (exact) mass is 664 g/mol. The fourth-order valence-electron chi connectivity index (χ4n) is 5.48. The highest BCUT2D eigenvalue weighted by Crippen LogP contribution is 2.35. The number of nitrogens with zero attached hydrogens (tertiary/aromatic N) is 2. The van der Waals surface area contributed by atoms with E-state index in [9.17, 15) is 27.6 Å². The molecular weight excluding hydrogens is 625 g/mol. The number of pyridine rings is 1. The molecule has 0 saturated carbocycles. The van der Waals surface area contributed by atoms with Gasteiger partial charge in [-0.15, -0.1) is 0 Å². The second-order valence-electron chi connectivity index (χ2n) is 13.0. The minimum atomic E-state index is -4.55. The number of hydrogen-bond donors (Lipinski definition) is 2. The molecule has 2 N–H and O–H groups in total. The SMILES string of the molecule is C[C@@H](NC(=O)c1cc(C2=CCN(C(=O)C3COC3)CC2)ccn1)c1ccc(-c2cc(C(F)(F)F)ccc2CNC(=O)OC(C)(C)C)cc1. The number of carbonyl (C=O) groups is 3. The molecule has 9 nitrogen and oxygen atoms in total. The molecule has 0 bridgehead atoms. The second-order valence-corrected chi connectivity index (χ2v) is 13.0. The fraction of sp³-hybridized carbons (Fsp3) is 0.389. The minimum absolute atomic E-state index is 0.0359. The molecule has 2 aliphatic heterocycles. The van der Waals surface area contributed by atoms with Crippen molar-refractivity contribution in [2.24, 2.45) is 5.92 Å². The Labute approximate surface area is 277 Å². The largest absolute Gasteiger partial charge is 0.444 e. The van der Waals surface area contributed by atoms with Crippen LogP contribution in [-0.2, 0) is 27.0 Å². The average Bonchev–Trinajstić information content (AvgIpc) is 3.02. The zero-order valence-electron chi connectivity index (χ0n) is 27.3. The maximum atomic E-state index is 13.6. The topological polar surface area (TPSA) is 110 Å². The van der Waals surface area contributed by atoms with E-state index in [1.165, 1.54) is 6.07 Å². The summed E-state index contributed by atoms with van der Waals surface area (Å²) in [5.41, 5.74) is 2.66. The van der Waals surface area contributed by atoms with Gasteiger partial charge < -0.3 is 25.0 Å². The Morgan fingerprint density at radius 3 is 2.35 bits per heavy atom. The number of amides is 3. The molecule has 12 heteroatoms. The molecule has 0 unspecified atom stereocenters. The molecule has 5 rings (SSSR count). The van der Waals surface area contributed by atoms with Crippen LogP contribution in [0.15, 0.2) is 66.9 Å². The molecule has 0 spiro atoms. The summed E-state index contributed by atoms with van der Waals surface area (Å²) in [6.07, 6.45) is -0.975. The lowest BCUT2D eigenvalue weighted by Crippen LogP contribution is -2.46. The number of alkyl halides is 3. The van der Waals surface area contributed by atoms with Crippen LogP contribution in [0.2, 0.25) is 0 Å². The van der Waals surface area contributed by atoms with Gasteiger partial charge >= 0.3 is 12.3 Å². The van der Waals surface area contributed by atoms with Crippen molar-refractivity contribution in [1.82, 2.24) is 20.5 Å². The third-order valence-electron chi connectivity index (χ3n) is 8.20.